The molecule has 0 amide bonds. The van der Waals surface area contributed by atoms with Crippen LogP contribution in [0.15, 0.2) is 0 Å². The Morgan fingerprint density at radius 1 is 1.12 bits per heavy atom. The minimum atomic E-state index is -2.97. The van der Waals surface area contributed by atoms with Crippen molar-refractivity contribution in [3.05, 3.63) is 0 Å². The number of hydrogen-bond acceptors (Lipinski definition) is 3. The van der Waals surface area contributed by atoms with E-state index in [0.29, 0.717) is 12.5 Å². The van der Waals surface area contributed by atoms with Gasteiger partial charge in [-0.3, -0.25) is 0 Å². The zero-order chi connectivity index (χ0) is 12.9. The van der Waals surface area contributed by atoms with Crippen LogP contribution in [0.4, 0.5) is 0 Å². The van der Waals surface area contributed by atoms with Crippen molar-refractivity contribution in [2.45, 2.75) is 57.1 Å². The SMILES string of the molecule is CC(C)CNCC1(S(C)(=O)=O)CCCCCC1. The normalized spacial score (nSPS) is 21.4. The van der Waals surface area contributed by atoms with Crippen LogP contribution in [0.3, 0.4) is 0 Å². The standard InChI is InChI=1S/C13H27NO2S/c1-12(2)10-14-11-13(17(3,15)16)8-6-4-5-7-9-13/h12,14H,4-11H2,1-3H3. The molecule has 1 aliphatic carbocycles. The lowest BCUT2D eigenvalue weighted by Crippen LogP contribution is -2.47. The van der Waals surface area contributed by atoms with Crippen molar-refractivity contribution in [3.8, 4) is 0 Å². The second-order valence-corrected chi connectivity index (χ2v) is 8.30. The molecule has 1 rings (SSSR count). The molecule has 0 aromatic rings. The smallest absolute Gasteiger partial charge is 0.154 e. The lowest BCUT2D eigenvalue weighted by molar-refractivity contribution is 0.418. The molecule has 0 bridgehead atoms. The first-order valence-electron chi connectivity index (χ1n) is 6.78. The molecule has 0 aliphatic heterocycles. The van der Waals surface area contributed by atoms with Gasteiger partial charge in [0.1, 0.15) is 0 Å². The molecule has 0 atom stereocenters. The van der Waals surface area contributed by atoms with E-state index in [1.807, 2.05) is 0 Å². The average molecular weight is 261 g/mol. The topological polar surface area (TPSA) is 46.2 Å². The van der Waals surface area contributed by atoms with Gasteiger partial charge in [-0.05, 0) is 25.3 Å². The van der Waals surface area contributed by atoms with Crippen LogP contribution in [-0.4, -0.2) is 32.5 Å². The minimum Gasteiger partial charge on any atom is -0.315 e. The Hall–Kier alpha value is -0.0900. The fourth-order valence-electron chi connectivity index (χ4n) is 2.64. The molecule has 0 heterocycles. The quantitative estimate of drug-likeness (QED) is 0.773. The Morgan fingerprint density at radius 3 is 2.06 bits per heavy atom. The van der Waals surface area contributed by atoms with Gasteiger partial charge in [0.15, 0.2) is 9.84 Å². The zero-order valence-corrected chi connectivity index (χ0v) is 12.3. The summed E-state index contributed by atoms with van der Waals surface area (Å²) in [5.41, 5.74) is 0. The van der Waals surface area contributed by atoms with E-state index in [9.17, 15) is 8.42 Å². The monoisotopic (exact) mass is 261 g/mol. The molecule has 0 aromatic heterocycles. The van der Waals surface area contributed by atoms with Gasteiger partial charge in [0.05, 0.1) is 4.75 Å². The first kappa shape index (κ1) is 15.0. The number of rotatable bonds is 5. The van der Waals surface area contributed by atoms with Crippen molar-refractivity contribution in [2.75, 3.05) is 19.3 Å². The van der Waals surface area contributed by atoms with Gasteiger partial charge in [0.2, 0.25) is 0 Å². The van der Waals surface area contributed by atoms with E-state index in [4.69, 9.17) is 0 Å². The molecule has 4 heteroatoms. The molecule has 0 saturated heterocycles. The van der Waals surface area contributed by atoms with Gasteiger partial charge >= 0.3 is 0 Å². The Balaban J connectivity index is 2.71. The van der Waals surface area contributed by atoms with Crippen molar-refractivity contribution >= 4 is 9.84 Å². The summed E-state index contributed by atoms with van der Waals surface area (Å²) in [5, 5.41) is 3.35. The van der Waals surface area contributed by atoms with Crippen molar-refractivity contribution in [3.63, 3.8) is 0 Å². The van der Waals surface area contributed by atoms with Crippen LogP contribution >= 0.6 is 0 Å². The average Bonchev–Trinajstić information content (AvgIpc) is 2.42. The Kier molecular flexibility index (Phi) is 5.45. The number of nitrogens with one attached hydrogen (secondary N) is 1. The summed E-state index contributed by atoms with van der Waals surface area (Å²) in [5.74, 6) is 0.567. The molecule has 1 fully saturated rings. The fourth-order valence-corrected chi connectivity index (χ4v) is 4.03. The Morgan fingerprint density at radius 2 is 1.65 bits per heavy atom. The summed E-state index contributed by atoms with van der Waals surface area (Å²) < 4.78 is 23.7. The molecular weight excluding hydrogens is 234 g/mol. The first-order valence-corrected chi connectivity index (χ1v) is 8.67. The third-order valence-corrected chi connectivity index (χ3v) is 5.93. The van der Waals surface area contributed by atoms with Gasteiger partial charge in [-0.2, -0.15) is 0 Å². The van der Waals surface area contributed by atoms with E-state index in [1.165, 1.54) is 19.1 Å². The molecule has 0 unspecified atom stereocenters. The summed E-state index contributed by atoms with van der Waals surface area (Å²) in [6.07, 6.45) is 7.54. The van der Waals surface area contributed by atoms with Crippen molar-refractivity contribution < 1.29 is 8.42 Å². The van der Waals surface area contributed by atoms with Crippen LogP contribution in [0.5, 0.6) is 0 Å². The minimum absolute atomic E-state index is 0.502. The summed E-state index contributed by atoms with van der Waals surface area (Å²) in [6.45, 7) is 5.82. The molecule has 1 aliphatic rings. The fraction of sp³-hybridized carbons (Fsp3) is 1.00. The largest absolute Gasteiger partial charge is 0.315 e. The highest BCUT2D eigenvalue weighted by molar-refractivity contribution is 7.92. The molecule has 102 valence electrons. The highest BCUT2D eigenvalue weighted by Gasteiger charge is 2.40. The van der Waals surface area contributed by atoms with Crippen LogP contribution < -0.4 is 5.32 Å². The molecule has 1 N–H and O–H groups in total. The van der Waals surface area contributed by atoms with Gasteiger partial charge in [-0.25, -0.2) is 8.42 Å². The molecule has 1 saturated carbocycles. The zero-order valence-electron chi connectivity index (χ0n) is 11.5. The van der Waals surface area contributed by atoms with Gasteiger partial charge in [0, 0.05) is 12.8 Å². The highest BCUT2D eigenvalue weighted by Crippen LogP contribution is 2.33. The van der Waals surface area contributed by atoms with E-state index in [0.717, 1.165) is 32.2 Å². The second-order valence-electron chi connectivity index (χ2n) is 5.89. The Labute approximate surface area is 106 Å². The molecule has 3 nitrogen and oxygen atoms in total. The Bertz CT molecular complexity index is 314. The van der Waals surface area contributed by atoms with Gasteiger partial charge in [0.25, 0.3) is 0 Å². The molecule has 17 heavy (non-hydrogen) atoms. The van der Waals surface area contributed by atoms with Gasteiger partial charge < -0.3 is 5.32 Å². The third-order valence-electron chi connectivity index (χ3n) is 3.80. The third kappa shape index (κ3) is 4.25. The predicted octanol–water partition coefficient (Wildman–Crippen LogP) is 2.37. The summed E-state index contributed by atoms with van der Waals surface area (Å²) in [6, 6.07) is 0. The van der Waals surface area contributed by atoms with E-state index < -0.39 is 14.6 Å². The van der Waals surface area contributed by atoms with E-state index in [-0.39, 0.29) is 0 Å². The first-order chi connectivity index (χ1) is 7.87. The predicted molar refractivity (Wildman–Crippen MR) is 73.0 cm³/mol. The maximum atomic E-state index is 12.1. The summed E-state index contributed by atoms with van der Waals surface area (Å²) >= 11 is 0. The molecule has 0 spiro atoms. The molecule has 0 aromatic carbocycles. The van der Waals surface area contributed by atoms with Crippen LogP contribution in [0, 0.1) is 5.92 Å². The van der Waals surface area contributed by atoms with E-state index in [1.54, 1.807) is 0 Å². The summed E-state index contributed by atoms with van der Waals surface area (Å²) in [7, 11) is -2.97. The number of sulfone groups is 1. The molecule has 0 radical (unpaired) electrons. The maximum absolute atomic E-state index is 12.1. The van der Waals surface area contributed by atoms with Crippen LogP contribution in [0.2, 0.25) is 0 Å². The van der Waals surface area contributed by atoms with Crippen molar-refractivity contribution in [1.82, 2.24) is 5.32 Å². The number of hydrogen-bond donors (Lipinski definition) is 1. The van der Waals surface area contributed by atoms with Crippen molar-refractivity contribution in [1.29, 1.82) is 0 Å². The highest BCUT2D eigenvalue weighted by atomic mass is 32.2. The van der Waals surface area contributed by atoms with Crippen LogP contribution in [0.25, 0.3) is 0 Å². The molecular formula is C13H27NO2S. The maximum Gasteiger partial charge on any atom is 0.154 e. The lowest BCUT2D eigenvalue weighted by atomic mass is 9.99. The van der Waals surface area contributed by atoms with Gasteiger partial charge in [-0.1, -0.05) is 39.5 Å². The second kappa shape index (κ2) is 6.19. The lowest BCUT2D eigenvalue weighted by Gasteiger charge is -2.31. The van der Waals surface area contributed by atoms with Crippen LogP contribution in [-0.2, 0) is 9.84 Å². The van der Waals surface area contributed by atoms with E-state index >= 15 is 0 Å². The van der Waals surface area contributed by atoms with Crippen LogP contribution in [0.1, 0.15) is 52.4 Å². The van der Waals surface area contributed by atoms with Gasteiger partial charge in [-0.15, -0.1) is 0 Å². The van der Waals surface area contributed by atoms with E-state index in [2.05, 4.69) is 19.2 Å². The van der Waals surface area contributed by atoms with Crippen molar-refractivity contribution in [2.24, 2.45) is 5.92 Å². The summed E-state index contributed by atoms with van der Waals surface area (Å²) in [4.78, 5) is 0.